The maximum atomic E-state index is 11.8. The molecule has 1 aliphatic rings. The van der Waals surface area contributed by atoms with Gasteiger partial charge in [-0.15, -0.1) is 0 Å². The third kappa shape index (κ3) is 2.88. The normalized spacial score (nSPS) is 14.7. The van der Waals surface area contributed by atoms with E-state index in [4.69, 9.17) is 0 Å². The summed E-state index contributed by atoms with van der Waals surface area (Å²) in [6.45, 7) is 0. The Morgan fingerprint density at radius 1 is 1.37 bits per heavy atom. The van der Waals surface area contributed by atoms with E-state index in [1.165, 1.54) is 12.8 Å². The molecule has 0 bridgehead atoms. The number of hydrogen-bond donors (Lipinski definition) is 2. The number of H-pyrrole nitrogens is 1. The SMILES string of the molecule is O=C(N/N=C\c1ccccc1)c1cc(C2CC2)[nH]n1. The number of hydrogen-bond acceptors (Lipinski definition) is 3. The molecular formula is C14H14N4O. The van der Waals surface area contributed by atoms with Gasteiger partial charge in [0.2, 0.25) is 0 Å². The Balaban J connectivity index is 1.59. The van der Waals surface area contributed by atoms with Gasteiger partial charge in [0.25, 0.3) is 5.91 Å². The number of carbonyl (C=O) groups excluding carboxylic acids is 1. The molecule has 1 aromatic heterocycles. The Hall–Kier alpha value is -2.43. The number of nitrogens with zero attached hydrogens (tertiary/aromatic N) is 2. The molecule has 1 saturated carbocycles. The molecular weight excluding hydrogens is 240 g/mol. The van der Waals surface area contributed by atoms with Gasteiger partial charge in [-0.3, -0.25) is 9.89 Å². The largest absolute Gasteiger partial charge is 0.291 e. The van der Waals surface area contributed by atoms with Crippen LogP contribution in [0, 0.1) is 0 Å². The fourth-order valence-corrected chi connectivity index (χ4v) is 1.82. The average Bonchev–Trinajstić information content (AvgIpc) is 3.17. The minimum atomic E-state index is -0.296. The van der Waals surface area contributed by atoms with E-state index in [-0.39, 0.29) is 5.91 Å². The molecule has 5 nitrogen and oxygen atoms in total. The van der Waals surface area contributed by atoms with Crippen LogP contribution in [0.4, 0.5) is 0 Å². The van der Waals surface area contributed by atoms with Crippen molar-refractivity contribution in [3.8, 4) is 0 Å². The van der Waals surface area contributed by atoms with Crippen molar-refractivity contribution in [2.24, 2.45) is 5.10 Å². The molecule has 96 valence electrons. The first-order chi connectivity index (χ1) is 9.33. The van der Waals surface area contributed by atoms with Gasteiger partial charge in [-0.05, 0) is 24.5 Å². The molecule has 0 aliphatic heterocycles. The monoisotopic (exact) mass is 254 g/mol. The lowest BCUT2D eigenvalue weighted by Crippen LogP contribution is -2.17. The molecule has 1 heterocycles. The number of benzene rings is 1. The average molecular weight is 254 g/mol. The molecule has 1 fully saturated rings. The zero-order chi connectivity index (χ0) is 13.1. The van der Waals surface area contributed by atoms with Gasteiger partial charge >= 0.3 is 0 Å². The van der Waals surface area contributed by atoms with Crippen LogP contribution in [0.25, 0.3) is 0 Å². The van der Waals surface area contributed by atoms with Crippen LogP contribution >= 0.6 is 0 Å². The van der Waals surface area contributed by atoms with Crippen LogP contribution in [-0.2, 0) is 0 Å². The predicted octanol–water partition coefficient (Wildman–Crippen LogP) is 2.05. The molecule has 1 aliphatic carbocycles. The summed E-state index contributed by atoms with van der Waals surface area (Å²) in [6, 6.07) is 11.4. The molecule has 0 atom stereocenters. The summed E-state index contributed by atoms with van der Waals surface area (Å²) in [5.74, 6) is 0.261. The Morgan fingerprint density at radius 2 is 2.16 bits per heavy atom. The molecule has 0 spiro atoms. The second-order valence-electron chi connectivity index (χ2n) is 4.59. The molecule has 2 aromatic rings. The maximum Gasteiger partial charge on any atom is 0.291 e. The summed E-state index contributed by atoms with van der Waals surface area (Å²) >= 11 is 0. The van der Waals surface area contributed by atoms with Crippen LogP contribution in [0.1, 0.15) is 40.5 Å². The highest BCUT2D eigenvalue weighted by Gasteiger charge is 2.26. The van der Waals surface area contributed by atoms with Gasteiger partial charge in [-0.1, -0.05) is 30.3 Å². The van der Waals surface area contributed by atoms with Gasteiger partial charge in [-0.2, -0.15) is 10.2 Å². The highest BCUT2D eigenvalue weighted by molar-refractivity contribution is 5.93. The van der Waals surface area contributed by atoms with E-state index < -0.39 is 0 Å². The summed E-state index contributed by atoms with van der Waals surface area (Å²) in [5, 5.41) is 10.8. The quantitative estimate of drug-likeness (QED) is 0.647. The van der Waals surface area contributed by atoms with Crippen molar-refractivity contribution < 1.29 is 4.79 Å². The number of aromatic nitrogens is 2. The number of nitrogens with one attached hydrogen (secondary N) is 2. The van der Waals surface area contributed by atoms with Crippen LogP contribution in [0.5, 0.6) is 0 Å². The van der Waals surface area contributed by atoms with Crippen LogP contribution in [0.2, 0.25) is 0 Å². The molecule has 1 amide bonds. The maximum absolute atomic E-state index is 11.8. The zero-order valence-electron chi connectivity index (χ0n) is 10.3. The summed E-state index contributed by atoms with van der Waals surface area (Å²) in [4.78, 5) is 11.8. The lowest BCUT2D eigenvalue weighted by atomic mass is 10.2. The third-order valence-corrected chi connectivity index (χ3v) is 3.03. The summed E-state index contributed by atoms with van der Waals surface area (Å²) in [6.07, 6.45) is 3.96. The highest BCUT2D eigenvalue weighted by atomic mass is 16.2. The number of carbonyl (C=O) groups is 1. The fourth-order valence-electron chi connectivity index (χ4n) is 1.82. The molecule has 1 aromatic carbocycles. The number of aromatic amines is 1. The third-order valence-electron chi connectivity index (χ3n) is 3.03. The van der Waals surface area contributed by atoms with Crippen molar-refractivity contribution in [3.05, 3.63) is 53.3 Å². The van der Waals surface area contributed by atoms with E-state index in [1.54, 1.807) is 12.3 Å². The lowest BCUT2D eigenvalue weighted by Gasteiger charge is -1.94. The van der Waals surface area contributed by atoms with E-state index in [1.807, 2.05) is 30.3 Å². The van der Waals surface area contributed by atoms with Crippen LogP contribution in [-0.4, -0.2) is 22.3 Å². The van der Waals surface area contributed by atoms with Crippen molar-refractivity contribution >= 4 is 12.1 Å². The first-order valence-electron chi connectivity index (χ1n) is 6.27. The van der Waals surface area contributed by atoms with Gasteiger partial charge in [0.15, 0.2) is 5.69 Å². The van der Waals surface area contributed by atoms with Crippen molar-refractivity contribution in [2.75, 3.05) is 0 Å². The zero-order valence-corrected chi connectivity index (χ0v) is 10.3. The van der Waals surface area contributed by atoms with Gasteiger partial charge < -0.3 is 0 Å². The van der Waals surface area contributed by atoms with Crippen molar-refractivity contribution in [1.82, 2.24) is 15.6 Å². The summed E-state index contributed by atoms with van der Waals surface area (Å²) in [7, 11) is 0. The predicted molar refractivity (Wildman–Crippen MR) is 72.1 cm³/mol. The molecule has 0 radical (unpaired) electrons. The van der Waals surface area contributed by atoms with Crippen molar-refractivity contribution in [3.63, 3.8) is 0 Å². The molecule has 3 rings (SSSR count). The van der Waals surface area contributed by atoms with E-state index in [0.29, 0.717) is 11.6 Å². The number of hydrazone groups is 1. The molecule has 5 heteroatoms. The second kappa shape index (κ2) is 5.06. The number of rotatable bonds is 4. The van der Waals surface area contributed by atoms with Crippen LogP contribution in [0.15, 0.2) is 41.5 Å². The molecule has 2 N–H and O–H groups in total. The van der Waals surface area contributed by atoms with Gasteiger partial charge in [0.05, 0.1) is 6.21 Å². The van der Waals surface area contributed by atoms with Crippen LogP contribution in [0.3, 0.4) is 0 Å². The second-order valence-corrected chi connectivity index (χ2v) is 4.59. The molecule has 0 saturated heterocycles. The van der Waals surface area contributed by atoms with Gasteiger partial charge in [-0.25, -0.2) is 5.43 Å². The fraction of sp³-hybridized carbons (Fsp3) is 0.214. The van der Waals surface area contributed by atoms with Gasteiger partial charge in [0.1, 0.15) is 0 Å². The number of amides is 1. The lowest BCUT2D eigenvalue weighted by molar-refractivity contribution is 0.0950. The Labute approximate surface area is 110 Å². The minimum Gasteiger partial charge on any atom is -0.281 e. The highest BCUT2D eigenvalue weighted by Crippen LogP contribution is 2.38. The van der Waals surface area contributed by atoms with Crippen LogP contribution < -0.4 is 5.43 Å². The van der Waals surface area contributed by atoms with Gasteiger partial charge in [0, 0.05) is 11.6 Å². The van der Waals surface area contributed by atoms with E-state index in [9.17, 15) is 4.79 Å². The topological polar surface area (TPSA) is 70.1 Å². The first-order valence-corrected chi connectivity index (χ1v) is 6.27. The standard InChI is InChI=1S/C14H14N4O/c19-14(13-8-12(16-17-13)11-6-7-11)18-15-9-10-4-2-1-3-5-10/h1-5,8-9,11H,6-7H2,(H,16,17)(H,18,19)/b15-9-. The smallest absolute Gasteiger partial charge is 0.281 e. The Morgan fingerprint density at radius 3 is 2.89 bits per heavy atom. The summed E-state index contributed by atoms with van der Waals surface area (Å²) < 4.78 is 0. The van der Waals surface area contributed by atoms with Crippen molar-refractivity contribution in [1.29, 1.82) is 0 Å². The molecule has 19 heavy (non-hydrogen) atoms. The van der Waals surface area contributed by atoms with Crippen molar-refractivity contribution in [2.45, 2.75) is 18.8 Å². The Kier molecular flexibility index (Phi) is 3.10. The Bertz CT molecular complexity index is 599. The van der Waals surface area contributed by atoms with E-state index in [0.717, 1.165) is 11.3 Å². The van der Waals surface area contributed by atoms with E-state index in [2.05, 4.69) is 20.7 Å². The summed E-state index contributed by atoms with van der Waals surface area (Å²) in [5.41, 5.74) is 4.82. The molecule has 0 unspecified atom stereocenters. The minimum absolute atomic E-state index is 0.296. The van der Waals surface area contributed by atoms with E-state index >= 15 is 0 Å². The first kappa shape index (κ1) is 11.6.